The molecule has 0 saturated carbocycles. The smallest absolute Gasteiger partial charge is 0.236 e. The zero-order valence-corrected chi connectivity index (χ0v) is 15.2. The Labute approximate surface area is 143 Å². The van der Waals surface area contributed by atoms with E-state index in [0.29, 0.717) is 12.0 Å². The molecule has 1 aromatic carbocycles. The Balaban J connectivity index is 1.96. The van der Waals surface area contributed by atoms with Crippen molar-refractivity contribution in [2.75, 3.05) is 11.9 Å². The molecule has 0 spiro atoms. The lowest BCUT2D eigenvalue weighted by Gasteiger charge is -2.39. The first-order chi connectivity index (χ1) is 10.9. The molecule has 4 nitrogen and oxygen atoms in total. The van der Waals surface area contributed by atoms with Crippen molar-refractivity contribution in [3.63, 3.8) is 0 Å². The number of amides is 2. The molecule has 0 unspecified atom stereocenters. The molecule has 23 heavy (non-hydrogen) atoms. The molecule has 1 aromatic rings. The molecule has 0 bridgehead atoms. The van der Waals surface area contributed by atoms with E-state index in [1.807, 2.05) is 36.1 Å². The Morgan fingerprint density at radius 3 is 2.52 bits per heavy atom. The minimum absolute atomic E-state index is 0.0813. The van der Waals surface area contributed by atoms with Gasteiger partial charge in [0.25, 0.3) is 0 Å². The van der Waals surface area contributed by atoms with Crippen molar-refractivity contribution < 1.29 is 9.59 Å². The van der Waals surface area contributed by atoms with E-state index in [0.717, 1.165) is 23.5 Å². The van der Waals surface area contributed by atoms with Gasteiger partial charge < -0.3 is 10.2 Å². The zero-order chi connectivity index (χ0) is 17.0. The van der Waals surface area contributed by atoms with E-state index >= 15 is 0 Å². The maximum atomic E-state index is 12.7. The fraction of sp³-hybridized carbons (Fsp3) is 0.556. The maximum Gasteiger partial charge on any atom is 0.236 e. The average Bonchev–Trinajstić information content (AvgIpc) is 2.50. The predicted molar refractivity (Wildman–Crippen MR) is 95.6 cm³/mol. The van der Waals surface area contributed by atoms with Gasteiger partial charge in [0.15, 0.2) is 0 Å². The van der Waals surface area contributed by atoms with Crippen molar-refractivity contribution in [1.29, 1.82) is 0 Å². The SMILES string of the molecule is CC(=O)Nc1ccc(S[C@H](C)C(=O)N2CCC[C@@H](C)[C@H]2C)cc1. The summed E-state index contributed by atoms with van der Waals surface area (Å²) in [6.45, 7) is 8.71. The summed E-state index contributed by atoms with van der Waals surface area (Å²) in [6.07, 6.45) is 2.30. The van der Waals surface area contributed by atoms with E-state index in [4.69, 9.17) is 0 Å². The first-order valence-corrected chi connectivity index (χ1v) is 9.11. The highest BCUT2D eigenvalue weighted by atomic mass is 32.2. The highest BCUT2D eigenvalue weighted by Gasteiger charge is 2.31. The number of carbonyl (C=O) groups excluding carboxylic acids is 2. The van der Waals surface area contributed by atoms with Crippen molar-refractivity contribution in [1.82, 2.24) is 4.90 Å². The fourth-order valence-corrected chi connectivity index (χ4v) is 3.89. The van der Waals surface area contributed by atoms with Crippen molar-refractivity contribution in [3.05, 3.63) is 24.3 Å². The van der Waals surface area contributed by atoms with Crippen LogP contribution in [0.3, 0.4) is 0 Å². The molecule has 2 rings (SSSR count). The molecule has 1 fully saturated rings. The van der Waals surface area contributed by atoms with Gasteiger partial charge in [0.2, 0.25) is 11.8 Å². The van der Waals surface area contributed by atoms with Gasteiger partial charge in [-0.2, -0.15) is 0 Å². The lowest BCUT2D eigenvalue weighted by Crippen LogP contribution is -2.48. The topological polar surface area (TPSA) is 49.4 Å². The van der Waals surface area contributed by atoms with Crippen molar-refractivity contribution in [2.45, 2.75) is 56.7 Å². The molecular formula is C18H26N2O2S. The lowest BCUT2D eigenvalue weighted by molar-refractivity contribution is -0.134. The van der Waals surface area contributed by atoms with Gasteiger partial charge in [-0.25, -0.2) is 0 Å². The van der Waals surface area contributed by atoms with Gasteiger partial charge >= 0.3 is 0 Å². The first kappa shape index (κ1) is 17.9. The van der Waals surface area contributed by atoms with E-state index < -0.39 is 0 Å². The van der Waals surface area contributed by atoms with Gasteiger partial charge in [0, 0.05) is 30.1 Å². The molecule has 0 aliphatic carbocycles. The number of thioether (sulfide) groups is 1. The quantitative estimate of drug-likeness (QED) is 0.853. The Bertz CT molecular complexity index is 559. The molecule has 2 amide bonds. The third kappa shape index (κ3) is 4.74. The third-order valence-corrected chi connectivity index (χ3v) is 5.59. The van der Waals surface area contributed by atoms with Crippen LogP contribution in [0.4, 0.5) is 5.69 Å². The van der Waals surface area contributed by atoms with E-state index in [-0.39, 0.29) is 17.1 Å². The number of benzene rings is 1. The summed E-state index contributed by atoms with van der Waals surface area (Å²) < 4.78 is 0. The maximum absolute atomic E-state index is 12.7. The summed E-state index contributed by atoms with van der Waals surface area (Å²) in [5.74, 6) is 0.712. The Kier molecular flexibility index (Phi) is 6.10. The third-order valence-electron chi connectivity index (χ3n) is 4.49. The van der Waals surface area contributed by atoms with Crippen LogP contribution in [0.15, 0.2) is 29.2 Å². The molecule has 5 heteroatoms. The van der Waals surface area contributed by atoms with Crippen LogP contribution >= 0.6 is 11.8 Å². The normalized spacial score (nSPS) is 22.5. The second-order valence-corrected chi connectivity index (χ2v) is 7.77. The van der Waals surface area contributed by atoms with E-state index in [1.165, 1.54) is 13.3 Å². The van der Waals surface area contributed by atoms with Crippen LogP contribution in [0.2, 0.25) is 0 Å². The standard InChI is InChI=1S/C18H26N2O2S/c1-12-6-5-11-20(13(12)2)18(22)14(3)23-17-9-7-16(8-10-17)19-15(4)21/h7-10,12-14H,5-6,11H2,1-4H3,(H,19,21)/t12-,13-,14-/m1/s1. The number of nitrogens with one attached hydrogen (secondary N) is 1. The molecule has 3 atom stereocenters. The highest BCUT2D eigenvalue weighted by Crippen LogP contribution is 2.29. The van der Waals surface area contributed by atoms with Gasteiger partial charge in [-0.05, 0) is 56.9 Å². The van der Waals surface area contributed by atoms with Crippen LogP contribution in [0.5, 0.6) is 0 Å². The molecule has 126 valence electrons. The minimum atomic E-state index is -0.102. The van der Waals surface area contributed by atoms with E-state index in [9.17, 15) is 9.59 Å². The van der Waals surface area contributed by atoms with Crippen LogP contribution in [-0.4, -0.2) is 34.6 Å². The van der Waals surface area contributed by atoms with E-state index in [1.54, 1.807) is 11.8 Å². The summed E-state index contributed by atoms with van der Waals surface area (Å²) in [7, 11) is 0. The Morgan fingerprint density at radius 2 is 1.91 bits per heavy atom. The van der Waals surface area contributed by atoms with E-state index in [2.05, 4.69) is 19.2 Å². The molecule has 1 aliphatic rings. The molecule has 1 heterocycles. The summed E-state index contributed by atoms with van der Waals surface area (Å²) in [5.41, 5.74) is 0.777. The number of nitrogens with zero attached hydrogens (tertiary/aromatic N) is 1. The predicted octanol–water partition coefficient (Wildman–Crippen LogP) is 3.77. The summed E-state index contributed by atoms with van der Waals surface area (Å²) in [4.78, 5) is 26.8. The second kappa shape index (κ2) is 7.86. The van der Waals surface area contributed by atoms with Crippen molar-refractivity contribution >= 4 is 29.3 Å². The molecule has 1 N–H and O–H groups in total. The number of hydrogen-bond acceptors (Lipinski definition) is 3. The van der Waals surface area contributed by atoms with Crippen LogP contribution < -0.4 is 5.32 Å². The molecule has 0 radical (unpaired) electrons. The number of anilines is 1. The number of likely N-dealkylation sites (tertiary alicyclic amines) is 1. The number of rotatable bonds is 4. The summed E-state index contributed by atoms with van der Waals surface area (Å²) >= 11 is 1.57. The molecule has 0 aromatic heterocycles. The first-order valence-electron chi connectivity index (χ1n) is 8.23. The number of carbonyl (C=O) groups is 2. The lowest BCUT2D eigenvalue weighted by atomic mass is 9.92. The second-order valence-electron chi connectivity index (χ2n) is 6.36. The van der Waals surface area contributed by atoms with Crippen LogP contribution in [0.25, 0.3) is 0 Å². The Morgan fingerprint density at radius 1 is 1.26 bits per heavy atom. The van der Waals surface area contributed by atoms with Gasteiger partial charge in [-0.1, -0.05) is 6.92 Å². The number of hydrogen-bond donors (Lipinski definition) is 1. The van der Waals surface area contributed by atoms with Crippen LogP contribution in [0, 0.1) is 5.92 Å². The van der Waals surface area contributed by atoms with Crippen LogP contribution in [-0.2, 0) is 9.59 Å². The van der Waals surface area contributed by atoms with Gasteiger partial charge in [0.05, 0.1) is 5.25 Å². The minimum Gasteiger partial charge on any atom is -0.339 e. The Hall–Kier alpha value is -1.49. The molecular weight excluding hydrogens is 308 g/mol. The number of piperidine rings is 1. The average molecular weight is 334 g/mol. The monoisotopic (exact) mass is 334 g/mol. The molecule has 1 aliphatic heterocycles. The summed E-state index contributed by atoms with van der Waals surface area (Å²) in [5, 5.41) is 2.64. The summed E-state index contributed by atoms with van der Waals surface area (Å²) in [6, 6.07) is 7.95. The van der Waals surface area contributed by atoms with Gasteiger partial charge in [0.1, 0.15) is 0 Å². The van der Waals surface area contributed by atoms with Gasteiger partial charge in [-0.3, -0.25) is 9.59 Å². The highest BCUT2D eigenvalue weighted by molar-refractivity contribution is 8.00. The molecule has 1 saturated heterocycles. The zero-order valence-electron chi connectivity index (χ0n) is 14.3. The largest absolute Gasteiger partial charge is 0.339 e. The van der Waals surface area contributed by atoms with Crippen LogP contribution in [0.1, 0.15) is 40.5 Å². The van der Waals surface area contributed by atoms with Crippen molar-refractivity contribution in [2.24, 2.45) is 5.92 Å². The fourth-order valence-electron chi connectivity index (χ4n) is 2.95. The van der Waals surface area contributed by atoms with Gasteiger partial charge in [-0.15, -0.1) is 11.8 Å². The van der Waals surface area contributed by atoms with Crippen molar-refractivity contribution in [3.8, 4) is 0 Å².